The molecule has 1 aromatic heterocycles. The van der Waals surface area contributed by atoms with E-state index >= 15 is 4.39 Å². The van der Waals surface area contributed by atoms with Gasteiger partial charge in [0.25, 0.3) is 5.56 Å². The van der Waals surface area contributed by atoms with Crippen LogP contribution in [-0.2, 0) is 10.6 Å². The molecule has 1 aliphatic heterocycles. The van der Waals surface area contributed by atoms with Gasteiger partial charge in [0.2, 0.25) is 5.72 Å². The van der Waals surface area contributed by atoms with Crippen LogP contribution in [-0.4, -0.2) is 71.1 Å². The second kappa shape index (κ2) is 15.6. The van der Waals surface area contributed by atoms with E-state index in [1.165, 1.54) is 51.4 Å². The largest absolute Gasteiger partial charge is 0.394 e. The minimum Gasteiger partial charge on any atom is -0.394 e. The summed E-state index contributed by atoms with van der Waals surface area (Å²) in [6, 6.07) is 0. The highest BCUT2D eigenvalue weighted by Gasteiger charge is 2.71. The maximum Gasteiger partial charge on any atom is 0.332 e. The lowest BCUT2D eigenvalue weighted by Crippen LogP contribution is -2.69. The molecular weight excluding hydrogens is 569 g/mol. The van der Waals surface area contributed by atoms with E-state index in [9.17, 15) is 35.2 Å². The summed E-state index contributed by atoms with van der Waals surface area (Å²) in [6.45, 7) is 1.27. The van der Waals surface area contributed by atoms with E-state index in [1.807, 2.05) is 4.98 Å². The fourth-order valence-corrected chi connectivity index (χ4v) is 5.11. The molecule has 1 unspecified atom stereocenters. The molecule has 220 valence electrons. The molecule has 1 aliphatic rings. The Hall–Kier alpha value is -1.19. The number of nitrogens with one attached hydrogen (secondary N) is 1. The van der Waals surface area contributed by atoms with Crippen LogP contribution in [0.5, 0.6) is 0 Å². The van der Waals surface area contributed by atoms with Gasteiger partial charge in [-0.3, -0.25) is 9.78 Å². The van der Waals surface area contributed by atoms with Crippen molar-refractivity contribution in [2.75, 3.05) is 6.61 Å². The molecule has 6 N–H and O–H groups in total. The third kappa shape index (κ3) is 7.72. The van der Waals surface area contributed by atoms with Gasteiger partial charge >= 0.3 is 11.6 Å². The Morgan fingerprint density at radius 3 is 2.05 bits per heavy atom. The Morgan fingerprint density at radius 2 is 1.55 bits per heavy atom. The van der Waals surface area contributed by atoms with Gasteiger partial charge in [-0.25, -0.2) is 13.8 Å². The minimum absolute atomic E-state index is 0.243. The number of nitrogens with zero attached hydrogens (tertiary/aromatic N) is 2. The number of halogens is 2. The van der Waals surface area contributed by atoms with Crippen LogP contribution in [0.2, 0.25) is 0 Å². The number of aliphatic hydroxyl groups excluding tert-OH is 2. The molecule has 1 aromatic rings. The number of aromatic amines is 1. The van der Waals surface area contributed by atoms with E-state index in [0.29, 0.717) is 17.4 Å². The standard InChI is InChI=1S/C25H43BrFN3O8/c1-2-3-4-5-6-7-8-9-10-11-12-13-14-15-20(27)30(37)24(35)21(32)19(17-31)38-25(24,36)29-16-18(26)22(33)28-23(29)34/h16,19-21,31-32,35-37H,2-15,17H2,1H3,(H,28,33,34)/t19-,20?,21-,24-,25-/m1/s1. The fourth-order valence-electron chi connectivity index (χ4n) is 4.81. The summed E-state index contributed by atoms with van der Waals surface area (Å²) in [5.41, 5.74) is -5.44. The SMILES string of the molecule is CCCCCCCCCCCCCCCC(F)N(O)[C@@]1(O)[C@H](O)[C@@H](CO)O[C@@]1(O)n1cc(Br)c(=O)[nH]c1=O. The van der Waals surface area contributed by atoms with E-state index in [-0.39, 0.29) is 16.0 Å². The van der Waals surface area contributed by atoms with Crippen molar-refractivity contribution in [3.05, 3.63) is 31.5 Å². The average molecular weight is 613 g/mol. The van der Waals surface area contributed by atoms with E-state index < -0.39 is 48.0 Å². The number of unbranched alkanes of at least 4 members (excludes halogenated alkanes) is 12. The molecule has 2 rings (SSSR count). The van der Waals surface area contributed by atoms with Crippen molar-refractivity contribution in [3.8, 4) is 0 Å². The number of rotatable bonds is 18. The van der Waals surface area contributed by atoms with E-state index in [4.69, 9.17) is 4.74 Å². The van der Waals surface area contributed by atoms with Crippen molar-refractivity contribution in [1.82, 2.24) is 14.6 Å². The van der Waals surface area contributed by atoms with Crippen LogP contribution in [0.1, 0.15) is 96.8 Å². The lowest BCUT2D eigenvalue weighted by molar-refractivity contribution is -0.428. The van der Waals surface area contributed by atoms with E-state index in [1.54, 1.807) is 0 Å². The van der Waals surface area contributed by atoms with Gasteiger partial charge in [-0.2, -0.15) is 0 Å². The molecule has 38 heavy (non-hydrogen) atoms. The summed E-state index contributed by atoms with van der Waals surface area (Å²) in [6.07, 6.45) is 8.44. The lowest BCUT2D eigenvalue weighted by Gasteiger charge is -2.43. The molecule has 5 atom stereocenters. The number of alkyl halides is 1. The second-order valence-electron chi connectivity index (χ2n) is 10.0. The van der Waals surface area contributed by atoms with Gasteiger partial charge in [0.1, 0.15) is 12.2 Å². The van der Waals surface area contributed by atoms with Crippen LogP contribution in [0, 0.1) is 0 Å². The number of hydroxylamine groups is 2. The molecule has 0 amide bonds. The first kappa shape index (κ1) is 33.0. The molecule has 1 saturated heterocycles. The van der Waals surface area contributed by atoms with Crippen LogP contribution in [0.3, 0.4) is 0 Å². The lowest BCUT2D eigenvalue weighted by atomic mass is 9.99. The Morgan fingerprint density at radius 1 is 1.05 bits per heavy atom. The molecule has 13 heteroatoms. The highest BCUT2D eigenvalue weighted by atomic mass is 79.9. The summed E-state index contributed by atoms with van der Waals surface area (Å²) in [7, 11) is 0. The van der Waals surface area contributed by atoms with Crippen molar-refractivity contribution in [1.29, 1.82) is 0 Å². The second-order valence-corrected chi connectivity index (χ2v) is 10.9. The van der Waals surface area contributed by atoms with Crippen molar-refractivity contribution in [2.24, 2.45) is 0 Å². The molecule has 0 bridgehead atoms. The third-order valence-electron chi connectivity index (χ3n) is 7.13. The highest BCUT2D eigenvalue weighted by molar-refractivity contribution is 9.10. The van der Waals surface area contributed by atoms with Crippen LogP contribution in [0.25, 0.3) is 0 Å². The zero-order valence-electron chi connectivity index (χ0n) is 22.0. The van der Waals surface area contributed by atoms with Crippen LogP contribution in [0.4, 0.5) is 4.39 Å². The zero-order valence-corrected chi connectivity index (χ0v) is 23.6. The Bertz CT molecular complexity index is 965. The minimum atomic E-state index is -3.31. The first-order valence-electron chi connectivity index (χ1n) is 13.6. The van der Waals surface area contributed by atoms with Gasteiger partial charge in [0, 0.05) is 6.20 Å². The van der Waals surface area contributed by atoms with Gasteiger partial charge in [-0.1, -0.05) is 84.0 Å². The van der Waals surface area contributed by atoms with Gasteiger partial charge in [-0.05, 0) is 28.8 Å². The Kier molecular flexibility index (Phi) is 13.5. The first-order valence-corrected chi connectivity index (χ1v) is 14.4. The average Bonchev–Trinajstić information content (AvgIpc) is 3.10. The first-order chi connectivity index (χ1) is 18.0. The smallest absolute Gasteiger partial charge is 0.332 e. The summed E-state index contributed by atoms with van der Waals surface area (Å²) >= 11 is 2.87. The van der Waals surface area contributed by atoms with Crippen molar-refractivity contribution < 1.29 is 34.8 Å². The van der Waals surface area contributed by atoms with Gasteiger partial charge in [0.15, 0.2) is 6.30 Å². The molecule has 0 spiro atoms. The number of hydrogen-bond acceptors (Lipinski definition) is 9. The maximum absolute atomic E-state index is 15.0. The van der Waals surface area contributed by atoms with E-state index in [0.717, 1.165) is 25.5 Å². The third-order valence-corrected chi connectivity index (χ3v) is 7.69. The van der Waals surface area contributed by atoms with Gasteiger partial charge < -0.3 is 30.4 Å². The Balaban J connectivity index is 1.90. The quantitative estimate of drug-likeness (QED) is 0.0632. The zero-order chi connectivity index (χ0) is 28.3. The molecule has 1 fully saturated rings. The fraction of sp³-hybridized carbons (Fsp3) is 0.840. The van der Waals surface area contributed by atoms with Gasteiger partial charge in [0.05, 0.1) is 11.1 Å². The number of ether oxygens (including phenoxy) is 1. The number of aliphatic hydroxyl groups is 4. The molecular formula is C25H43BrFN3O8. The van der Waals surface area contributed by atoms with Crippen LogP contribution >= 0.6 is 15.9 Å². The molecule has 2 heterocycles. The van der Waals surface area contributed by atoms with Crippen molar-refractivity contribution >= 4 is 15.9 Å². The van der Waals surface area contributed by atoms with Crippen molar-refractivity contribution in [3.63, 3.8) is 0 Å². The van der Waals surface area contributed by atoms with Crippen LogP contribution < -0.4 is 11.2 Å². The summed E-state index contributed by atoms with van der Waals surface area (Å²) < 4.78 is 20.2. The maximum atomic E-state index is 15.0. The molecule has 11 nitrogen and oxygen atoms in total. The predicted octanol–water partition coefficient (Wildman–Crippen LogP) is 2.81. The van der Waals surface area contributed by atoms with E-state index in [2.05, 4.69) is 22.9 Å². The normalized spacial score (nSPS) is 26.3. The summed E-state index contributed by atoms with van der Waals surface area (Å²) in [5, 5.41) is 52.7. The highest BCUT2D eigenvalue weighted by Crippen LogP contribution is 2.44. The molecule has 0 aliphatic carbocycles. The number of aromatic nitrogens is 2. The Labute approximate surface area is 230 Å². The molecule has 0 radical (unpaired) electrons. The number of H-pyrrole nitrogens is 1. The predicted molar refractivity (Wildman–Crippen MR) is 141 cm³/mol. The molecule has 0 aromatic carbocycles. The number of hydrogen-bond donors (Lipinski definition) is 6. The van der Waals surface area contributed by atoms with Crippen LogP contribution in [0.15, 0.2) is 20.3 Å². The summed E-state index contributed by atoms with van der Waals surface area (Å²) in [4.78, 5) is 25.9. The monoisotopic (exact) mass is 611 g/mol. The van der Waals surface area contributed by atoms with Gasteiger partial charge in [-0.15, -0.1) is 5.06 Å². The molecule has 0 saturated carbocycles. The van der Waals surface area contributed by atoms with Crippen molar-refractivity contribution in [2.45, 2.75) is 127 Å². The topological polar surface area (TPSA) is 168 Å². The summed E-state index contributed by atoms with van der Waals surface area (Å²) in [5.74, 6) is -3.27.